The Morgan fingerprint density at radius 2 is 2.00 bits per heavy atom. The fourth-order valence-corrected chi connectivity index (χ4v) is 1.34. The summed E-state index contributed by atoms with van der Waals surface area (Å²) in [7, 11) is 0. The second kappa shape index (κ2) is 3.07. The lowest BCUT2D eigenvalue weighted by Crippen LogP contribution is -2.48. The van der Waals surface area contributed by atoms with Crippen molar-refractivity contribution in [1.29, 1.82) is 0 Å². The highest BCUT2D eigenvalue weighted by Crippen LogP contribution is 2.09. The van der Waals surface area contributed by atoms with E-state index in [1.807, 2.05) is 0 Å². The standard InChI is InChI=1S/C8H17FN2/c1-8(2,3)11-7-5-10-4-6(7)9/h6-7,10-11H,4-5H2,1-3H3/t6-,7+/m1/s1. The Labute approximate surface area is 67.6 Å². The number of alkyl halides is 1. The van der Waals surface area contributed by atoms with Crippen LogP contribution < -0.4 is 10.6 Å². The van der Waals surface area contributed by atoms with Gasteiger partial charge in [-0.05, 0) is 20.8 Å². The monoisotopic (exact) mass is 160 g/mol. The van der Waals surface area contributed by atoms with Crippen molar-refractivity contribution >= 4 is 0 Å². The lowest BCUT2D eigenvalue weighted by atomic mass is 10.1. The molecule has 1 fully saturated rings. The number of rotatable bonds is 1. The van der Waals surface area contributed by atoms with Gasteiger partial charge in [-0.25, -0.2) is 4.39 Å². The van der Waals surface area contributed by atoms with Gasteiger partial charge in [0.05, 0.1) is 6.04 Å². The van der Waals surface area contributed by atoms with Gasteiger partial charge in [0.1, 0.15) is 6.17 Å². The Morgan fingerprint density at radius 3 is 2.36 bits per heavy atom. The van der Waals surface area contributed by atoms with E-state index in [1.165, 1.54) is 0 Å². The number of hydrogen-bond donors (Lipinski definition) is 2. The van der Waals surface area contributed by atoms with Crippen LogP contribution in [0.25, 0.3) is 0 Å². The minimum atomic E-state index is -0.728. The minimum Gasteiger partial charge on any atom is -0.312 e. The van der Waals surface area contributed by atoms with Crippen molar-refractivity contribution < 1.29 is 4.39 Å². The van der Waals surface area contributed by atoms with Gasteiger partial charge in [-0.3, -0.25) is 0 Å². The minimum absolute atomic E-state index is 0.00463. The first-order chi connectivity index (χ1) is 4.99. The maximum atomic E-state index is 13.0. The molecule has 1 rings (SSSR count). The number of hydrogen-bond acceptors (Lipinski definition) is 2. The van der Waals surface area contributed by atoms with Crippen molar-refractivity contribution in [2.45, 2.75) is 38.5 Å². The molecule has 0 aromatic carbocycles. The molecular weight excluding hydrogens is 143 g/mol. The van der Waals surface area contributed by atoms with Gasteiger partial charge in [-0.2, -0.15) is 0 Å². The summed E-state index contributed by atoms with van der Waals surface area (Å²) in [6.45, 7) is 7.40. The van der Waals surface area contributed by atoms with Crippen molar-refractivity contribution in [3.8, 4) is 0 Å². The van der Waals surface area contributed by atoms with E-state index >= 15 is 0 Å². The maximum Gasteiger partial charge on any atom is 0.129 e. The Bertz CT molecular complexity index is 131. The molecule has 2 N–H and O–H groups in total. The largest absolute Gasteiger partial charge is 0.312 e. The van der Waals surface area contributed by atoms with Gasteiger partial charge in [-0.15, -0.1) is 0 Å². The van der Waals surface area contributed by atoms with Gasteiger partial charge in [0.25, 0.3) is 0 Å². The molecule has 1 saturated heterocycles. The highest BCUT2D eigenvalue weighted by atomic mass is 19.1. The molecule has 1 aliphatic rings. The summed E-state index contributed by atoms with van der Waals surface area (Å²) >= 11 is 0. The van der Waals surface area contributed by atoms with Gasteiger partial charge in [0.15, 0.2) is 0 Å². The molecule has 1 heterocycles. The van der Waals surface area contributed by atoms with Crippen LogP contribution in [-0.4, -0.2) is 30.8 Å². The van der Waals surface area contributed by atoms with E-state index in [2.05, 4.69) is 31.4 Å². The van der Waals surface area contributed by atoms with Crippen molar-refractivity contribution in [3.63, 3.8) is 0 Å². The molecule has 0 spiro atoms. The third-order valence-corrected chi connectivity index (χ3v) is 1.76. The van der Waals surface area contributed by atoms with E-state index < -0.39 is 6.17 Å². The summed E-state index contributed by atoms with van der Waals surface area (Å²) in [5.41, 5.74) is 0.0149. The van der Waals surface area contributed by atoms with Crippen molar-refractivity contribution in [1.82, 2.24) is 10.6 Å². The summed E-state index contributed by atoms with van der Waals surface area (Å²) in [5.74, 6) is 0. The topological polar surface area (TPSA) is 24.1 Å². The molecule has 0 aromatic heterocycles. The molecule has 2 atom stereocenters. The first kappa shape index (κ1) is 8.94. The van der Waals surface area contributed by atoms with Crippen LogP contribution >= 0.6 is 0 Å². The zero-order valence-corrected chi connectivity index (χ0v) is 7.45. The molecule has 1 aliphatic heterocycles. The fourth-order valence-electron chi connectivity index (χ4n) is 1.34. The van der Waals surface area contributed by atoms with Crippen LogP contribution in [0.5, 0.6) is 0 Å². The Morgan fingerprint density at radius 1 is 1.36 bits per heavy atom. The zero-order valence-electron chi connectivity index (χ0n) is 7.45. The van der Waals surface area contributed by atoms with Gasteiger partial charge >= 0.3 is 0 Å². The summed E-state index contributed by atoms with van der Waals surface area (Å²) in [6.07, 6.45) is -0.728. The molecule has 0 aliphatic carbocycles. The molecule has 0 unspecified atom stereocenters. The quantitative estimate of drug-likeness (QED) is 0.589. The molecule has 0 amide bonds. The second-order valence-electron chi connectivity index (χ2n) is 4.18. The average Bonchev–Trinajstić information content (AvgIpc) is 2.12. The van der Waals surface area contributed by atoms with Gasteiger partial charge in [0, 0.05) is 18.6 Å². The van der Waals surface area contributed by atoms with Crippen molar-refractivity contribution in [3.05, 3.63) is 0 Å². The molecule has 0 radical (unpaired) electrons. The summed E-state index contributed by atoms with van der Waals surface area (Å²) in [5, 5.41) is 6.24. The number of halogens is 1. The van der Waals surface area contributed by atoms with Gasteiger partial charge < -0.3 is 10.6 Å². The molecule has 66 valence electrons. The summed E-state index contributed by atoms with van der Waals surface area (Å²) in [4.78, 5) is 0. The van der Waals surface area contributed by atoms with Gasteiger partial charge in [0.2, 0.25) is 0 Å². The van der Waals surface area contributed by atoms with E-state index in [0.717, 1.165) is 6.54 Å². The SMILES string of the molecule is CC(C)(C)N[C@H]1CNC[C@H]1F. The normalized spacial score (nSPS) is 32.7. The zero-order chi connectivity index (χ0) is 8.48. The van der Waals surface area contributed by atoms with Crippen LogP contribution in [0.1, 0.15) is 20.8 Å². The summed E-state index contributed by atoms with van der Waals surface area (Å²) in [6, 6.07) is -0.00463. The molecular formula is C8H17FN2. The van der Waals surface area contributed by atoms with Crippen LogP contribution in [0.2, 0.25) is 0 Å². The average molecular weight is 160 g/mol. The van der Waals surface area contributed by atoms with E-state index in [0.29, 0.717) is 6.54 Å². The van der Waals surface area contributed by atoms with Crippen LogP contribution in [0.3, 0.4) is 0 Å². The Kier molecular flexibility index (Phi) is 2.50. The molecule has 0 saturated carbocycles. The van der Waals surface area contributed by atoms with Crippen molar-refractivity contribution in [2.75, 3.05) is 13.1 Å². The van der Waals surface area contributed by atoms with Crippen LogP contribution in [-0.2, 0) is 0 Å². The van der Waals surface area contributed by atoms with Gasteiger partial charge in [-0.1, -0.05) is 0 Å². The molecule has 0 bridgehead atoms. The predicted molar refractivity (Wildman–Crippen MR) is 44.4 cm³/mol. The molecule has 3 heteroatoms. The van der Waals surface area contributed by atoms with Crippen molar-refractivity contribution in [2.24, 2.45) is 0 Å². The van der Waals surface area contributed by atoms with Crippen LogP contribution in [0.4, 0.5) is 4.39 Å². The van der Waals surface area contributed by atoms with E-state index in [4.69, 9.17) is 0 Å². The van der Waals surface area contributed by atoms with Crippen LogP contribution in [0.15, 0.2) is 0 Å². The maximum absolute atomic E-state index is 13.0. The third kappa shape index (κ3) is 2.75. The molecule has 11 heavy (non-hydrogen) atoms. The first-order valence-electron chi connectivity index (χ1n) is 4.11. The highest BCUT2D eigenvalue weighted by molar-refractivity contribution is 4.90. The lowest BCUT2D eigenvalue weighted by molar-refractivity contribution is 0.257. The predicted octanol–water partition coefficient (Wildman–Crippen LogP) is 0.684. The van der Waals surface area contributed by atoms with E-state index in [9.17, 15) is 4.39 Å². The Balaban J connectivity index is 2.37. The third-order valence-electron chi connectivity index (χ3n) is 1.76. The highest BCUT2D eigenvalue weighted by Gasteiger charge is 2.29. The smallest absolute Gasteiger partial charge is 0.129 e. The molecule has 0 aromatic rings. The lowest BCUT2D eigenvalue weighted by Gasteiger charge is -2.26. The number of nitrogens with one attached hydrogen (secondary N) is 2. The second-order valence-corrected chi connectivity index (χ2v) is 4.18. The van der Waals surface area contributed by atoms with Crippen LogP contribution in [0, 0.1) is 0 Å². The molecule has 2 nitrogen and oxygen atoms in total. The summed E-state index contributed by atoms with van der Waals surface area (Å²) < 4.78 is 13.0. The first-order valence-corrected chi connectivity index (χ1v) is 4.11. The Hall–Kier alpha value is -0.150. The van der Waals surface area contributed by atoms with E-state index in [1.54, 1.807) is 0 Å². The fraction of sp³-hybridized carbons (Fsp3) is 1.00. The van der Waals surface area contributed by atoms with E-state index in [-0.39, 0.29) is 11.6 Å².